The second-order valence-corrected chi connectivity index (χ2v) is 7.61. The van der Waals surface area contributed by atoms with Crippen LogP contribution in [0.25, 0.3) is 0 Å². The Hall–Kier alpha value is -1.42. The molecule has 1 amide bonds. The van der Waals surface area contributed by atoms with Crippen LogP contribution in [-0.4, -0.2) is 36.3 Å². The van der Waals surface area contributed by atoms with Gasteiger partial charge in [-0.1, -0.05) is 17.7 Å². The first-order valence-electron chi connectivity index (χ1n) is 8.29. The minimum Gasteiger partial charge on any atom is -0.492 e. The van der Waals surface area contributed by atoms with Gasteiger partial charge < -0.3 is 14.4 Å². The average molecular weight is 338 g/mol. The molecular formula is C18H24ClNO3. The Morgan fingerprint density at radius 2 is 1.96 bits per heavy atom. The number of amides is 1. The lowest BCUT2D eigenvalue weighted by atomic mass is 9.96. The van der Waals surface area contributed by atoms with Crippen molar-refractivity contribution in [2.45, 2.75) is 52.1 Å². The predicted octanol–water partition coefficient (Wildman–Crippen LogP) is 4.00. The predicted molar refractivity (Wildman–Crippen MR) is 90.5 cm³/mol. The SMILES string of the molecule is CC(C)(C)OC(=O)N1CCc2cc3c(c(Cl)c2CC1)OCCC3. The molecule has 0 saturated heterocycles. The first-order chi connectivity index (χ1) is 10.8. The van der Waals surface area contributed by atoms with E-state index in [1.165, 1.54) is 11.1 Å². The fourth-order valence-corrected chi connectivity index (χ4v) is 3.57. The highest BCUT2D eigenvalue weighted by atomic mass is 35.5. The van der Waals surface area contributed by atoms with Gasteiger partial charge in [-0.05, 0) is 63.1 Å². The Morgan fingerprint density at radius 1 is 1.22 bits per heavy atom. The molecule has 0 aromatic heterocycles. The van der Waals surface area contributed by atoms with E-state index >= 15 is 0 Å². The van der Waals surface area contributed by atoms with Crippen molar-refractivity contribution in [1.82, 2.24) is 4.90 Å². The fourth-order valence-electron chi connectivity index (χ4n) is 3.18. The van der Waals surface area contributed by atoms with Crippen LogP contribution in [0.15, 0.2) is 6.07 Å². The van der Waals surface area contributed by atoms with Gasteiger partial charge in [-0.3, -0.25) is 0 Å². The molecule has 0 unspecified atom stereocenters. The Kier molecular flexibility index (Phi) is 4.45. The molecule has 3 rings (SSSR count). The summed E-state index contributed by atoms with van der Waals surface area (Å²) < 4.78 is 11.3. The second kappa shape index (κ2) is 6.23. The van der Waals surface area contributed by atoms with Crippen LogP contribution in [0.3, 0.4) is 0 Å². The maximum Gasteiger partial charge on any atom is 0.410 e. The highest BCUT2D eigenvalue weighted by molar-refractivity contribution is 6.33. The van der Waals surface area contributed by atoms with Crippen molar-refractivity contribution in [1.29, 1.82) is 0 Å². The number of fused-ring (bicyclic) bond motifs is 2. The van der Waals surface area contributed by atoms with E-state index in [0.29, 0.717) is 13.1 Å². The lowest BCUT2D eigenvalue weighted by Gasteiger charge is -2.26. The van der Waals surface area contributed by atoms with Gasteiger partial charge in [-0.15, -0.1) is 0 Å². The van der Waals surface area contributed by atoms with E-state index in [2.05, 4.69) is 6.07 Å². The third-order valence-corrected chi connectivity index (χ3v) is 4.66. The maximum absolute atomic E-state index is 12.3. The van der Waals surface area contributed by atoms with Gasteiger partial charge in [-0.25, -0.2) is 4.79 Å². The smallest absolute Gasteiger partial charge is 0.410 e. The Morgan fingerprint density at radius 3 is 2.70 bits per heavy atom. The van der Waals surface area contributed by atoms with E-state index in [4.69, 9.17) is 21.1 Å². The Bertz CT molecular complexity index is 622. The number of halogens is 1. The zero-order valence-corrected chi connectivity index (χ0v) is 14.8. The van der Waals surface area contributed by atoms with Crippen LogP contribution in [0.1, 0.15) is 43.9 Å². The Labute approximate surface area is 142 Å². The van der Waals surface area contributed by atoms with E-state index < -0.39 is 5.60 Å². The third kappa shape index (κ3) is 3.57. The number of carbonyl (C=O) groups is 1. The first kappa shape index (κ1) is 16.4. The van der Waals surface area contributed by atoms with Crippen molar-refractivity contribution in [2.24, 2.45) is 0 Å². The topological polar surface area (TPSA) is 38.8 Å². The average Bonchev–Trinajstić information content (AvgIpc) is 2.68. The van der Waals surface area contributed by atoms with Crippen molar-refractivity contribution < 1.29 is 14.3 Å². The summed E-state index contributed by atoms with van der Waals surface area (Å²) in [4.78, 5) is 14.1. The lowest BCUT2D eigenvalue weighted by molar-refractivity contribution is 0.0258. The summed E-state index contributed by atoms with van der Waals surface area (Å²) in [5.74, 6) is 0.849. The van der Waals surface area contributed by atoms with Gasteiger partial charge in [0.05, 0.1) is 11.6 Å². The zero-order chi connectivity index (χ0) is 16.6. The van der Waals surface area contributed by atoms with Crippen LogP contribution in [0.5, 0.6) is 5.75 Å². The molecule has 2 aliphatic rings. The molecule has 5 heteroatoms. The minimum atomic E-state index is -0.471. The van der Waals surface area contributed by atoms with Crippen LogP contribution < -0.4 is 4.74 Å². The van der Waals surface area contributed by atoms with Gasteiger partial charge in [0.1, 0.15) is 11.4 Å². The zero-order valence-electron chi connectivity index (χ0n) is 14.1. The summed E-state index contributed by atoms with van der Waals surface area (Å²) in [6.45, 7) is 7.69. The number of hydrogen-bond donors (Lipinski definition) is 0. The summed E-state index contributed by atoms with van der Waals surface area (Å²) in [7, 11) is 0. The molecule has 0 fully saturated rings. The molecule has 2 heterocycles. The van der Waals surface area contributed by atoms with E-state index in [0.717, 1.165) is 48.6 Å². The Balaban J connectivity index is 1.80. The molecule has 4 nitrogen and oxygen atoms in total. The largest absolute Gasteiger partial charge is 0.492 e. The molecule has 0 saturated carbocycles. The number of ether oxygens (including phenoxy) is 2. The van der Waals surface area contributed by atoms with Gasteiger partial charge in [-0.2, -0.15) is 0 Å². The molecule has 0 atom stereocenters. The molecule has 1 aromatic rings. The van der Waals surface area contributed by atoms with Crippen LogP contribution in [0.4, 0.5) is 4.79 Å². The molecule has 126 valence electrons. The molecule has 0 spiro atoms. The van der Waals surface area contributed by atoms with Crippen LogP contribution in [0.2, 0.25) is 5.02 Å². The monoisotopic (exact) mass is 337 g/mol. The second-order valence-electron chi connectivity index (χ2n) is 7.24. The number of nitrogens with zero attached hydrogens (tertiary/aromatic N) is 1. The van der Waals surface area contributed by atoms with Gasteiger partial charge in [0.2, 0.25) is 0 Å². The normalized spacial score (nSPS) is 17.7. The number of carbonyl (C=O) groups excluding carboxylic acids is 1. The van der Waals surface area contributed by atoms with Crippen LogP contribution in [-0.2, 0) is 24.0 Å². The molecule has 1 aromatic carbocycles. The standard InChI is InChI=1S/C18H24ClNO3/c1-18(2,3)23-17(21)20-8-6-12-11-13-5-4-10-22-16(13)15(19)14(12)7-9-20/h11H,4-10H2,1-3H3. The third-order valence-electron chi connectivity index (χ3n) is 4.26. The lowest BCUT2D eigenvalue weighted by Crippen LogP contribution is -2.38. The number of benzene rings is 1. The van der Waals surface area contributed by atoms with E-state index in [1.807, 2.05) is 20.8 Å². The number of aryl methyl sites for hydroxylation is 1. The van der Waals surface area contributed by atoms with E-state index in [9.17, 15) is 4.79 Å². The molecule has 0 aliphatic carbocycles. The van der Waals surface area contributed by atoms with Crippen LogP contribution in [0, 0.1) is 0 Å². The van der Waals surface area contributed by atoms with E-state index in [-0.39, 0.29) is 6.09 Å². The molecule has 0 radical (unpaired) electrons. The van der Waals surface area contributed by atoms with Gasteiger partial charge in [0, 0.05) is 13.1 Å². The summed E-state index contributed by atoms with van der Waals surface area (Å²) >= 11 is 6.59. The minimum absolute atomic E-state index is 0.248. The van der Waals surface area contributed by atoms with Crippen molar-refractivity contribution in [3.63, 3.8) is 0 Å². The maximum atomic E-state index is 12.3. The van der Waals surface area contributed by atoms with Crippen LogP contribution >= 0.6 is 11.6 Å². The van der Waals surface area contributed by atoms with Crippen molar-refractivity contribution >= 4 is 17.7 Å². The van der Waals surface area contributed by atoms with Gasteiger partial charge in [0.15, 0.2) is 0 Å². The fraction of sp³-hybridized carbons (Fsp3) is 0.611. The number of rotatable bonds is 0. The molecule has 2 aliphatic heterocycles. The van der Waals surface area contributed by atoms with Gasteiger partial charge in [0.25, 0.3) is 0 Å². The molecule has 0 bridgehead atoms. The summed E-state index contributed by atoms with van der Waals surface area (Å²) in [5.41, 5.74) is 3.09. The highest BCUT2D eigenvalue weighted by Gasteiger charge is 2.27. The van der Waals surface area contributed by atoms with Crippen molar-refractivity contribution in [3.8, 4) is 5.75 Å². The summed E-state index contributed by atoms with van der Waals surface area (Å²) in [5, 5.41) is 0.739. The molecular weight excluding hydrogens is 314 g/mol. The molecule has 0 N–H and O–H groups in total. The quantitative estimate of drug-likeness (QED) is 0.718. The summed E-state index contributed by atoms with van der Waals surface area (Å²) in [6.07, 6.45) is 3.35. The van der Waals surface area contributed by atoms with Gasteiger partial charge >= 0.3 is 6.09 Å². The first-order valence-corrected chi connectivity index (χ1v) is 8.67. The molecule has 23 heavy (non-hydrogen) atoms. The number of hydrogen-bond acceptors (Lipinski definition) is 3. The van der Waals surface area contributed by atoms with Crippen molar-refractivity contribution in [3.05, 3.63) is 27.8 Å². The van der Waals surface area contributed by atoms with Crippen molar-refractivity contribution in [2.75, 3.05) is 19.7 Å². The highest BCUT2D eigenvalue weighted by Crippen LogP contribution is 2.39. The summed E-state index contributed by atoms with van der Waals surface area (Å²) in [6, 6.07) is 2.22. The van der Waals surface area contributed by atoms with E-state index in [1.54, 1.807) is 4.90 Å².